The van der Waals surface area contributed by atoms with Crippen molar-refractivity contribution >= 4 is 27.3 Å². The van der Waals surface area contributed by atoms with Crippen molar-refractivity contribution in [3.63, 3.8) is 0 Å². The van der Waals surface area contributed by atoms with Crippen molar-refractivity contribution in [3.8, 4) is 6.07 Å². The summed E-state index contributed by atoms with van der Waals surface area (Å²) in [5.41, 5.74) is 0.670. The standard InChI is InChI=1S/C15H12ClFN2O2S/c1-22(20,21)19(12-5-2-4-11(8-12)9-18)10-13-14(16)6-3-7-15(13)17/h2-8H,10H2,1H3. The topological polar surface area (TPSA) is 61.2 Å². The lowest BCUT2D eigenvalue weighted by Crippen LogP contribution is -2.29. The van der Waals surface area contributed by atoms with Gasteiger partial charge in [-0.3, -0.25) is 4.31 Å². The van der Waals surface area contributed by atoms with Gasteiger partial charge in [0, 0.05) is 10.6 Å². The van der Waals surface area contributed by atoms with E-state index < -0.39 is 15.8 Å². The molecule has 0 aliphatic heterocycles. The second kappa shape index (κ2) is 6.34. The largest absolute Gasteiger partial charge is 0.266 e. The zero-order valence-electron chi connectivity index (χ0n) is 11.6. The zero-order valence-corrected chi connectivity index (χ0v) is 13.2. The van der Waals surface area contributed by atoms with E-state index in [-0.39, 0.29) is 22.8 Å². The fourth-order valence-electron chi connectivity index (χ4n) is 1.96. The third kappa shape index (κ3) is 3.56. The first-order chi connectivity index (χ1) is 10.3. The van der Waals surface area contributed by atoms with Crippen LogP contribution in [-0.2, 0) is 16.6 Å². The molecule has 2 aromatic carbocycles. The number of halogens is 2. The van der Waals surface area contributed by atoms with Crippen LogP contribution in [0.15, 0.2) is 42.5 Å². The first-order valence-electron chi connectivity index (χ1n) is 6.23. The summed E-state index contributed by atoms with van der Waals surface area (Å²) in [5, 5.41) is 9.07. The molecule has 0 aliphatic rings. The molecule has 2 aromatic rings. The highest BCUT2D eigenvalue weighted by molar-refractivity contribution is 7.92. The SMILES string of the molecule is CS(=O)(=O)N(Cc1c(F)cccc1Cl)c1cccc(C#N)c1. The normalized spacial score (nSPS) is 11.0. The highest BCUT2D eigenvalue weighted by Gasteiger charge is 2.21. The molecule has 4 nitrogen and oxygen atoms in total. The summed E-state index contributed by atoms with van der Waals surface area (Å²) in [7, 11) is -3.68. The van der Waals surface area contributed by atoms with Gasteiger partial charge in [-0.15, -0.1) is 0 Å². The Morgan fingerprint density at radius 1 is 1.27 bits per heavy atom. The van der Waals surface area contributed by atoms with Gasteiger partial charge in [-0.2, -0.15) is 5.26 Å². The molecule has 0 bridgehead atoms. The minimum absolute atomic E-state index is 0.0805. The van der Waals surface area contributed by atoms with Gasteiger partial charge in [0.15, 0.2) is 0 Å². The monoisotopic (exact) mass is 338 g/mol. The van der Waals surface area contributed by atoms with Crippen molar-refractivity contribution in [1.29, 1.82) is 5.26 Å². The van der Waals surface area contributed by atoms with Crippen LogP contribution in [0.3, 0.4) is 0 Å². The van der Waals surface area contributed by atoms with Crippen molar-refractivity contribution in [2.45, 2.75) is 6.54 Å². The molecule has 0 radical (unpaired) electrons. The van der Waals surface area contributed by atoms with E-state index in [1.165, 1.54) is 30.3 Å². The minimum atomic E-state index is -3.68. The van der Waals surface area contributed by atoms with Crippen LogP contribution in [0.1, 0.15) is 11.1 Å². The predicted molar refractivity (Wildman–Crippen MR) is 83.6 cm³/mol. The van der Waals surface area contributed by atoms with Gasteiger partial charge in [-0.25, -0.2) is 12.8 Å². The van der Waals surface area contributed by atoms with Crippen molar-refractivity contribution in [3.05, 3.63) is 64.4 Å². The molecule has 0 spiro atoms. The van der Waals surface area contributed by atoms with E-state index in [1.807, 2.05) is 6.07 Å². The number of rotatable bonds is 4. The Morgan fingerprint density at radius 3 is 2.55 bits per heavy atom. The number of sulfonamides is 1. The Kier molecular flexibility index (Phi) is 4.69. The lowest BCUT2D eigenvalue weighted by Gasteiger charge is -2.23. The van der Waals surface area contributed by atoms with Crippen LogP contribution in [0.2, 0.25) is 5.02 Å². The summed E-state index contributed by atoms with van der Waals surface area (Å²) < 4.78 is 39.0. The molecule has 0 aliphatic carbocycles. The summed E-state index contributed by atoms with van der Waals surface area (Å²) >= 11 is 5.96. The average Bonchev–Trinajstić information content (AvgIpc) is 2.45. The van der Waals surface area contributed by atoms with Crippen molar-refractivity contribution in [1.82, 2.24) is 0 Å². The van der Waals surface area contributed by atoms with Crippen LogP contribution in [0, 0.1) is 17.1 Å². The smallest absolute Gasteiger partial charge is 0.232 e. The fourth-order valence-corrected chi connectivity index (χ4v) is 3.04. The second-order valence-electron chi connectivity index (χ2n) is 4.63. The predicted octanol–water partition coefficient (Wildman–Crippen LogP) is 3.32. The Bertz CT molecular complexity index is 827. The van der Waals surface area contributed by atoms with Gasteiger partial charge in [0.2, 0.25) is 10.0 Å². The maximum Gasteiger partial charge on any atom is 0.232 e. The van der Waals surface area contributed by atoms with Gasteiger partial charge in [0.05, 0.1) is 30.1 Å². The van der Waals surface area contributed by atoms with E-state index in [1.54, 1.807) is 12.1 Å². The molecule has 2 rings (SSSR count). The molecule has 0 N–H and O–H groups in total. The molecule has 0 saturated heterocycles. The van der Waals surface area contributed by atoms with E-state index >= 15 is 0 Å². The number of anilines is 1. The quantitative estimate of drug-likeness (QED) is 0.859. The van der Waals surface area contributed by atoms with E-state index in [0.29, 0.717) is 5.56 Å². The van der Waals surface area contributed by atoms with Crippen LogP contribution >= 0.6 is 11.6 Å². The Morgan fingerprint density at radius 2 is 1.95 bits per heavy atom. The van der Waals surface area contributed by atoms with E-state index in [4.69, 9.17) is 16.9 Å². The zero-order chi connectivity index (χ0) is 16.3. The van der Waals surface area contributed by atoms with E-state index in [0.717, 1.165) is 10.6 Å². The molecule has 0 amide bonds. The van der Waals surface area contributed by atoms with Crippen LogP contribution in [0.25, 0.3) is 0 Å². The third-order valence-corrected chi connectivity index (χ3v) is 4.52. The Balaban J connectivity index is 2.51. The van der Waals surface area contributed by atoms with E-state index in [9.17, 15) is 12.8 Å². The highest BCUT2D eigenvalue weighted by Crippen LogP contribution is 2.26. The highest BCUT2D eigenvalue weighted by atomic mass is 35.5. The molecule has 0 atom stereocenters. The van der Waals surface area contributed by atoms with E-state index in [2.05, 4.69) is 0 Å². The molecule has 0 unspecified atom stereocenters. The number of hydrogen-bond acceptors (Lipinski definition) is 3. The van der Waals surface area contributed by atoms with Crippen LogP contribution in [0.4, 0.5) is 10.1 Å². The van der Waals surface area contributed by atoms with Crippen LogP contribution in [0.5, 0.6) is 0 Å². The van der Waals surface area contributed by atoms with Gasteiger partial charge in [0.1, 0.15) is 5.82 Å². The molecule has 7 heteroatoms. The van der Waals surface area contributed by atoms with Gasteiger partial charge in [-0.1, -0.05) is 23.7 Å². The molecular formula is C15H12ClFN2O2S. The molecular weight excluding hydrogens is 327 g/mol. The molecule has 0 fully saturated rings. The van der Waals surface area contributed by atoms with Gasteiger partial charge in [-0.05, 0) is 30.3 Å². The van der Waals surface area contributed by atoms with Gasteiger partial charge >= 0.3 is 0 Å². The number of nitrogens with zero attached hydrogens (tertiary/aromatic N) is 2. The van der Waals surface area contributed by atoms with Crippen LogP contribution in [-0.4, -0.2) is 14.7 Å². The summed E-state index contributed by atoms with van der Waals surface area (Å²) in [4.78, 5) is 0. The Labute approximate surface area is 133 Å². The third-order valence-electron chi connectivity index (χ3n) is 3.03. The van der Waals surface area contributed by atoms with Gasteiger partial charge < -0.3 is 0 Å². The summed E-state index contributed by atoms with van der Waals surface area (Å²) in [6, 6.07) is 12.2. The molecule has 0 heterocycles. The summed E-state index contributed by atoms with van der Waals surface area (Å²) in [5.74, 6) is -0.586. The number of hydrogen-bond donors (Lipinski definition) is 0. The van der Waals surface area contributed by atoms with Crippen molar-refractivity contribution < 1.29 is 12.8 Å². The Hall–Kier alpha value is -2.10. The molecule has 0 saturated carbocycles. The molecule has 0 aromatic heterocycles. The number of benzene rings is 2. The molecule has 114 valence electrons. The molecule has 22 heavy (non-hydrogen) atoms. The van der Waals surface area contributed by atoms with Crippen molar-refractivity contribution in [2.75, 3.05) is 10.6 Å². The average molecular weight is 339 g/mol. The lowest BCUT2D eigenvalue weighted by atomic mass is 10.2. The fraction of sp³-hybridized carbons (Fsp3) is 0.133. The second-order valence-corrected chi connectivity index (χ2v) is 6.95. The summed E-state index contributed by atoms with van der Waals surface area (Å²) in [6.07, 6.45) is 1.01. The first-order valence-corrected chi connectivity index (χ1v) is 8.46. The van der Waals surface area contributed by atoms with Gasteiger partial charge in [0.25, 0.3) is 0 Å². The lowest BCUT2D eigenvalue weighted by molar-refractivity contribution is 0.590. The minimum Gasteiger partial charge on any atom is -0.266 e. The maximum absolute atomic E-state index is 13.9. The number of nitriles is 1. The van der Waals surface area contributed by atoms with Crippen molar-refractivity contribution in [2.24, 2.45) is 0 Å². The summed E-state index contributed by atoms with van der Waals surface area (Å²) in [6.45, 7) is -0.251. The van der Waals surface area contributed by atoms with Crippen LogP contribution < -0.4 is 4.31 Å². The maximum atomic E-state index is 13.9. The first kappa shape index (κ1) is 16.3.